The van der Waals surface area contributed by atoms with E-state index < -0.39 is 5.97 Å². The number of carboxylic acid groups (broad SMARTS) is 1. The van der Waals surface area contributed by atoms with E-state index in [4.69, 9.17) is 5.11 Å². The van der Waals surface area contributed by atoms with Crippen LogP contribution in [0.15, 0.2) is 46.9 Å². The number of benzene rings is 1. The minimum atomic E-state index is -0.733. The fourth-order valence-electron chi connectivity index (χ4n) is 1.20. The Balaban J connectivity index is 2.28. The van der Waals surface area contributed by atoms with Crippen molar-refractivity contribution in [1.82, 2.24) is 0 Å². The van der Waals surface area contributed by atoms with E-state index in [0.29, 0.717) is 6.42 Å². The summed E-state index contributed by atoms with van der Waals surface area (Å²) in [5, 5.41) is 8.53. The minimum Gasteiger partial charge on any atom is -0.481 e. The highest BCUT2D eigenvalue weighted by Crippen LogP contribution is 2.18. The quantitative estimate of drug-likeness (QED) is 0.606. The van der Waals surface area contributed by atoms with Crippen LogP contribution in [0.5, 0.6) is 0 Å². The van der Waals surface area contributed by atoms with Crippen LogP contribution in [0, 0.1) is 0 Å². The zero-order chi connectivity index (χ0) is 11.8. The third-order valence-electron chi connectivity index (χ3n) is 2.16. The number of rotatable bonds is 6. The first-order valence-corrected chi connectivity index (χ1v) is 6.22. The van der Waals surface area contributed by atoms with Crippen LogP contribution in [0.3, 0.4) is 0 Å². The molecule has 0 aliphatic carbocycles. The van der Waals surface area contributed by atoms with Crippen LogP contribution < -0.4 is 0 Å². The Labute approximate surface area is 100 Å². The Hall–Kier alpha value is -1.22. The summed E-state index contributed by atoms with van der Waals surface area (Å²) in [6, 6.07) is 10.2. The highest BCUT2D eigenvalue weighted by molar-refractivity contribution is 7.99. The molecule has 0 aliphatic heterocycles. The summed E-state index contributed by atoms with van der Waals surface area (Å²) >= 11 is 1.76. The van der Waals surface area contributed by atoms with Gasteiger partial charge in [-0.05, 0) is 25.5 Å². The number of hydrogen-bond donors (Lipinski definition) is 1. The Morgan fingerprint density at radius 3 is 2.62 bits per heavy atom. The van der Waals surface area contributed by atoms with Crippen molar-refractivity contribution in [2.24, 2.45) is 0 Å². The molecule has 1 N–H and O–H groups in total. The van der Waals surface area contributed by atoms with E-state index in [0.717, 1.165) is 11.3 Å². The lowest BCUT2D eigenvalue weighted by Crippen LogP contribution is -1.94. The van der Waals surface area contributed by atoms with Crippen molar-refractivity contribution in [3.8, 4) is 0 Å². The summed E-state index contributed by atoms with van der Waals surface area (Å²) in [7, 11) is 0. The van der Waals surface area contributed by atoms with E-state index in [1.165, 1.54) is 4.90 Å². The van der Waals surface area contributed by atoms with Gasteiger partial charge in [0.2, 0.25) is 0 Å². The zero-order valence-corrected chi connectivity index (χ0v) is 10.2. The minimum absolute atomic E-state index is 0.221. The third-order valence-corrected chi connectivity index (χ3v) is 3.10. The average molecular weight is 236 g/mol. The van der Waals surface area contributed by atoms with Crippen LogP contribution in [-0.4, -0.2) is 16.8 Å². The van der Waals surface area contributed by atoms with Gasteiger partial charge in [0.1, 0.15) is 0 Å². The van der Waals surface area contributed by atoms with Crippen LogP contribution in [0.1, 0.15) is 19.8 Å². The second-order valence-corrected chi connectivity index (χ2v) is 4.66. The van der Waals surface area contributed by atoms with E-state index in [1.54, 1.807) is 11.8 Å². The smallest absolute Gasteiger partial charge is 0.303 e. The molecule has 1 aromatic rings. The maximum atomic E-state index is 10.4. The summed E-state index contributed by atoms with van der Waals surface area (Å²) in [4.78, 5) is 11.6. The normalized spacial score (nSPS) is 11.4. The molecule has 1 aromatic carbocycles. The molecule has 0 atom stereocenters. The Bertz CT molecular complexity index is 357. The van der Waals surface area contributed by atoms with E-state index in [9.17, 15) is 4.79 Å². The molecule has 2 nitrogen and oxygen atoms in total. The lowest BCUT2D eigenvalue weighted by Gasteiger charge is -2.00. The molecule has 0 radical (unpaired) electrons. The molecule has 16 heavy (non-hydrogen) atoms. The molecule has 0 aliphatic rings. The van der Waals surface area contributed by atoms with Crippen LogP contribution in [0.2, 0.25) is 0 Å². The highest BCUT2D eigenvalue weighted by Gasteiger charge is 1.97. The van der Waals surface area contributed by atoms with Gasteiger partial charge in [-0.3, -0.25) is 4.79 Å². The topological polar surface area (TPSA) is 37.3 Å². The standard InChI is InChI=1S/C13H16O2S/c1-11(7-8-13(14)15)9-10-16-12-5-3-2-4-6-12/h2-6,9H,7-8,10H2,1H3,(H,14,15). The van der Waals surface area contributed by atoms with Crippen molar-refractivity contribution < 1.29 is 9.90 Å². The van der Waals surface area contributed by atoms with Crippen LogP contribution >= 0.6 is 11.8 Å². The van der Waals surface area contributed by atoms with Crippen molar-refractivity contribution in [3.05, 3.63) is 42.0 Å². The summed E-state index contributed by atoms with van der Waals surface area (Å²) in [5.41, 5.74) is 1.14. The fourth-order valence-corrected chi connectivity index (χ4v) is 2.11. The molecule has 0 heterocycles. The van der Waals surface area contributed by atoms with Gasteiger partial charge in [-0.15, -0.1) is 11.8 Å². The van der Waals surface area contributed by atoms with Gasteiger partial charge in [0.15, 0.2) is 0 Å². The van der Waals surface area contributed by atoms with E-state index in [-0.39, 0.29) is 6.42 Å². The molecule has 0 saturated heterocycles. The molecule has 1 rings (SSSR count). The lowest BCUT2D eigenvalue weighted by atomic mass is 10.1. The predicted octanol–water partition coefficient (Wildman–Crippen LogP) is 3.59. The van der Waals surface area contributed by atoms with Gasteiger partial charge in [-0.1, -0.05) is 29.8 Å². The Morgan fingerprint density at radius 2 is 2.00 bits per heavy atom. The van der Waals surface area contributed by atoms with Crippen LogP contribution in [-0.2, 0) is 4.79 Å². The summed E-state index contributed by atoms with van der Waals surface area (Å²) in [5.74, 6) is 0.165. The first-order valence-electron chi connectivity index (χ1n) is 5.24. The van der Waals surface area contributed by atoms with Gasteiger partial charge in [0.05, 0.1) is 0 Å². The monoisotopic (exact) mass is 236 g/mol. The van der Waals surface area contributed by atoms with Crippen molar-refractivity contribution in [2.75, 3.05) is 5.75 Å². The molecule has 0 amide bonds. The zero-order valence-electron chi connectivity index (χ0n) is 9.35. The van der Waals surface area contributed by atoms with Gasteiger partial charge in [0, 0.05) is 17.1 Å². The maximum absolute atomic E-state index is 10.4. The van der Waals surface area contributed by atoms with Gasteiger partial charge < -0.3 is 5.11 Å². The summed E-state index contributed by atoms with van der Waals surface area (Å²) in [6.07, 6.45) is 2.96. The van der Waals surface area contributed by atoms with Crippen molar-refractivity contribution in [2.45, 2.75) is 24.7 Å². The lowest BCUT2D eigenvalue weighted by molar-refractivity contribution is -0.136. The molecular weight excluding hydrogens is 220 g/mol. The van der Waals surface area contributed by atoms with Crippen molar-refractivity contribution in [1.29, 1.82) is 0 Å². The van der Waals surface area contributed by atoms with Crippen LogP contribution in [0.4, 0.5) is 0 Å². The van der Waals surface area contributed by atoms with Gasteiger partial charge in [-0.25, -0.2) is 0 Å². The van der Waals surface area contributed by atoms with Gasteiger partial charge >= 0.3 is 5.97 Å². The second kappa shape index (κ2) is 7.12. The van der Waals surface area contributed by atoms with Crippen molar-refractivity contribution >= 4 is 17.7 Å². The Morgan fingerprint density at radius 1 is 1.31 bits per heavy atom. The number of carboxylic acids is 1. The van der Waals surface area contributed by atoms with E-state index in [2.05, 4.69) is 18.2 Å². The first kappa shape index (κ1) is 12.8. The molecule has 0 saturated carbocycles. The fraction of sp³-hybridized carbons (Fsp3) is 0.308. The largest absolute Gasteiger partial charge is 0.481 e. The van der Waals surface area contributed by atoms with Gasteiger partial charge in [-0.2, -0.15) is 0 Å². The maximum Gasteiger partial charge on any atom is 0.303 e. The molecule has 0 bridgehead atoms. The molecule has 0 fully saturated rings. The predicted molar refractivity (Wildman–Crippen MR) is 67.8 cm³/mol. The molecule has 3 heteroatoms. The molecule has 0 unspecified atom stereocenters. The molecule has 86 valence electrons. The third kappa shape index (κ3) is 5.61. The molecule has 0 spiro atoms. The number of hydrogen-bond acceptors (Lipinski definition) is 2. The number of thioether (sulfide) groups is 1. The average Bonchev–Trinajstić information content (AvgIpc) is 2.28. The summed E-state index contributed by atoms with van der Waals surface area (Å²) < 4.78 is 0. The van der Waals surface area contributed by atoms with Gasteiger partial charge in [0.25, 0.3) is 0 Å². The second-order valence-electron chi connectivity index (χ2n) is 3.57. The molecular formula is C13H16O2S. The number of allylic oxidation sites excluding steroid dienone is 1. The first-order chi connectivity index (χ1) is 7.68. The molecule has 0 aromatic heterocycles. The Kier molecular flexibility index (Phi) is 5.72. The van der Waals surface area contributed by atoms with E-state index in [1.807, 2.05) is 25.1 Å². The number of aliphatic carboxylic acids is 1. The van der Waals surface area contributed by atoms with Crippen LogP contribution in [0.25, 0.3) is 0 Å². The highest BCUT2D eigenvalue weighted by atomic mass is 32.2. The van der Waals surface area contributed by atoms with Crippen molar-refractivity contribution in [3.63, 3.8) is 0 Å². The van der Waals surface area contributed by atoms with E-state index >= 15 is 0 Å². The summed E-state index contributed by atoms with van der Waals surface area (Å²) in [6.45, 7) is 1.98. The SMILES string of the molecule is CC(=CCSc1ccccc1)CCC(=O)O. The number of carbonyl (C=O) groups is 1.